The molecule has 2 N–H and O–H groups in total. The molecule has 6 aromatic carbocycles. The molecule has 6 aliphatic heterocycles. The molecule has 101 heavy (non-hydrogen) atoms. The van der Waals surface area contributed by atoms with Gasteiger partial charge in [0.15, 0.2) is 48.3 Å². The van der Waals surface area contributed by atoms with Crippen LogP contribution in [0.25, 0.3) is 0 Å². The molecule has 25 heteroatoms. The fourth-order valence-corrected chi connectivity index (χ4v) is 12.0. The van der Waals surface area contributed by atoms with Crippen molar-refractivity contribution in [2.75, 3.05) is 106 Å². The number of amides is 4. The average Bonchev–Trinajstić information content (AvgIpc) is 1.59. The molecule has 6 aliphatic rings. The molecule has 0 spiro atoms. The molecule has 0 radical (unpaired) electrons. The second-order valence-corrected chi connectivity index (χ2v) is 24.8. The second-order valence-electron chi connectivity index (χ2n) is 24.0. The first kappa shape index (κ1) is 77.8. The summed E-state index contributed by atoms with van der Waals surface area (Å²) >= 11 is 3.51. The highest BCUT2D eigenvalue weighted by Crippen LogP contribution is 2.36. The molecule has 0 aliphatic carbocycles. The van der Waals surface area contributed by atoms with Gasteiger partial charge in [0.1, 0.15) is 23.7 Å². The van der Waals surface area contributed by atoms with Gasteiger partial charge in [0.25, 0.3) is 23.6 Å². The van der Waals surface area contributed by atoms with E-state index in [1.54, 1.807) is 79.7 Å². The third kappa shape index (κ3) is 22.1. The topological polar surface area (TPSA) is 244 Å². The summed E-state index contributed by atoms with van der Waals surface area (Å²) in [6, 6.07) is 36.7. The number of aliphatic hydroxyl groups excluding tert-OH is 2. The number of aliphatic hydroxyl groups is 2. The Kier molecular flexibility index (Phi) is 31.2. The van der Waals surface area contributed by atoms with Gasteiger partial charge in [0, 0.05) is 66.2 Å². The SMILES string of the molecule is CCOc1ccc(Br)c(C2OCC(OCCCO)CO2)c1.CCOc1ccc(C2OCC(CCCCN3C(=O)c4ccccc4C3=O)O2)cc1.CCOc1ccc(C2OCC(CCCCO)O2)cc1F.CCOc1ccc(C2OCC(OCCCN3C(=O)c4ccccc4C3=O)CO2)cc1F. The van der Waals surface area contributed by atoms with Crippen molar-refractivity contribution in [3.63, 3.8) is 0 Å². The first-order valence-electron chi connectivity index (χ1n) is 34.6. The molecule has 0 bridgehead atoms. The maximum absolute atomic E-state index is 14.0. The standard InChI is InChI=1S/C23H24FNO6.C23H25NO5.C15H21BrO5.C15H21FO4/c1-2-28-20-9-8-15(12-19(20)24)23-30-13-16(14-31-23)29-11-5-10-25-21(26)17-6-3-4-7-18(17)22(25)27;1-2-27-17-12-10-16(11-13-17)23-28-15-18(29-23)7-5-6-14-24-21(25)19-8-3-4-9-20(19)22(24)26;1-2-18-11-4-5-14(16)13(8-11)15-20-9-12(10-21-15)19-7-3-6-17;1-2-18-14-7-6-11(9-13(14)16)15-19-10-12(20-15)5-3-4-8-17/h3-4,6-9,12,16,23H,2,5,10-11,13-14H2,1H3;3-4,8-13,18,23H,2,5-7,14-15H2,1H3;4-5,8,12,15,17H,2-3,6-7,9-10H2,1H3;6-7,9,12,15,17H,2-5,8,10H2,1H3. The van der Waals surface area contributed by atoms with E-state index in [0.717, 1.165) is 65.6 Å². The van der Waals surface area contributed by atoms with Crippen molar-refractivity contribution in [2.45, 2.75) is 129 Å². The molecule has 4 fully saturated rings. The minimum atomic E-state index is -0.664. The highest BCUT2D eigenvalue weighted by atomic mass is 79.9. The second kappa shape index (κ2) is 40.5. The molecule has 4 unspecified atom stereocenters. The van der Waals surface area contributed by atoms with Gasteiger partial charge in [-0.15, -0.1) is 0 Å². The number of imide groups is 2. The van der Waals surface area contributed by atoms with Crippen LogP contribution in [0, 0.1) is 11.6 Å². The molecule has 546 valence electrons. The lowest BCUT2D eigenvalue weighted by molar-refractivity contribution is -0.231. The van der Waals surface area contributed by atoms with Crippen LogP contribution in [0.15, 0.2) is 132 Å². The molecule has 6 aromatic rings. The fraction of sp³-hybridized carbons (Fsp3) is 0.474. The minimum absolute atomic E-state index is 0.0150. The van der Waals surface area contributed by atoms with E-state index in [1.165, 1.54) is 21.9 Å². The van der Waals surface area contributed by atoms with Crippen molar-refractivity contribution in [1.29, 1.82) is 0 Å². The molecule has 12 rings (SSSR count). The minimum Gasteiger partial charge on any atom is -0.494 e. The smallest absolute Gasteiger partial charge is 0.261 e. The van der Waals surface area contributed by atoms with Crippen LogP contribution in [0.5, 0.6) is 23.0 Å². The zero-order chi connectivity index (χ0) is 71.5. The normalized spacial score (nSPS) is 21.4. The Balaban J connectivity index is 0.000000160. The molecular formula is C76H91BrF2N2O20. The molecule has 4 saturated heterocycles. The predicted octanol–water partition coefficient (Wildman–Crippen LogP) is 12.8. The summed E-state index contributed by atoms with van der Waals surface area (Å²) in [6.07, 6.45) is 3.81. The molecule has 0 saturated carbocycles. The summed E-state index contributed by atoms with van der Waals surface area (Å²) in [6.45, 7) is 14.1. The maximum Gasteiger partial charge on any atom is 0.261 e. The Bertz CT molecular complexity index is 3520. The number of hydrogen-bond donors (Lipinski definition) is 2. The van der Waals surface area contributed by atoms with Crippen LogP contribution < -0.4 is 18.9 Å². The van der Waals surface area contributed by atoms with Crippen molar-refractivity contribution in [2.24, 2.45) is 0 Å². The third-order valence-electron chi connectivity index (χ3n) is 16.7. The number of fused-ring (bicyclic) bond motifs is 2. The Hall–Kier alpha value is -7.34. The molecule has 4 atom stereocenters. The van der Waals surface area contributed by atoms with Crippen LogP contribution in [0.1, 0.15) is 168 Å². The van der Waals surface area contributed by atoms with Crippen molar-refractivity contribution >= 4 is 39.6 Å². The van der Waals surface area contributed by atoms with E-state index in [4.69, 9.17) is 76.5 Å². The number of carbonyl (C=O) groups is 4. The van der Waals surface area contributed by atoms with Gasteiger partial charge in [-0.3, -0.25) is 29.0 Å². The molecule has 0 aromatic heterocycles. The predicted molar refractivity (Wildman–Crippen MR) is 369 cm³/mol. The molecule has 22 nitrogen and oxygen atoms in total. The highest BCUT2D eigenvalue weighted by Gasteiger charge is 2.37. The summed E-state index contributed by atoms with van der Waals surface area (Å²) in [5.41, 5.74) is 5.02. The van der Waals surface area contributed by atoms with Crippen molar-refractivity contribution in [1.82, 2.24) is 9.80 Å². The number of nitrogens with zero attached hydrogens (tertiary/aromatic N) is 2. The van der Waals surface area contributed by atoms with Crippen molar-refractivity contribution in [3.8, 4) is 23.0 Å². The third-order valence-corrected chi connectivity index (χ3v) is 17.4. The summed E-state index contributed by atoms with van der Waals surface area (Å²) in [4.78, 5) is 52.0. The summed E-state index contributed by atoms with van der Waals surface area (Å²) in [5.74, 6) is 0.283. The number of benzene rings is 6. The van der Waals surface area contributed by atoms with E-state index >= 15 is 0 Å². The lowest BCUT2D eigenvalue weighted by Crippen LogP contribution is -2.35. The van der Waals surface area contributed by atoms with E-state index < -0.39 is 30.5 Å². The van der Waals surface area contributed by atoms with Crippen LogP contribution in [0.2, 0.25) is 0 Å². The van der Waals surface area contributed by atoms with E-state index in [-0.39, 0.29) is 85.6 Å². The number of halogens is 3. The van der Waals surface area contributed by atoms with Crippen LogP contribution in [0.3, 0.4) is 0 Å². The zero-order valence-corrected chi connectivity index (χ0v) is 59.1. The zero-order valence-electron chi connectivity index (χ0n) is 57.5. The molecule has 6 heterocycles. The highest BCUT2D eigenvalue weighted by molar-refractivity contribution is 9.10. The van der Waals surface area contributed by atoms with Gasteiger partial charge < -0.3 is 76.5 Å². The van der Waals surface area contributed by atoms with Crippen LogP contribution >= 0.6 is 15.9 Å². The van der Waals surface area contributed by atoms with Gasteiger partial charge in [-0.05, 0) is 158 Å². The van der Waals surface area contributed by atoms with Gasteiger partial charge in [0.2, 0.25) is 0 Å². The van der Waals surface area contributed by atoms with E-state index in [9.17, 15) is 28.0 Å². The van der Waals surface area contributed by atoms with Gasteiger partial charge in [0.05, 0.1) is 101 Å². The van der Waals surface area contributed by atoms with E-state index in [0.29, 0.717) is 132 Å². The molecular weight excluding hydrogens is 1380 g/mol. The van der Waals surface area contributed by atoms with Gasteiger partial charge in [-0.25, -0.2) is 8.78 Å². The Morgan fingerprint density at radius 2 is 0.842 bits per heavy atom. The number of carbonyl (C=O) groups excluding carboxylic acids is 4. The van der Waals surface area contributed by atoms with Crippen LogP contribution in [0.4, 0.5) is 8.78 Å². The summed E-state index contributed by atoms with van der Waals surface area (Å²) in [5, 5.41) is 17.5. The first-order valence-corrected chi connectivity index (χ1v) is 35.4. The van der Waals surface area contributed by atoms with E-state index in [1.807, 2.05) is 63.2 Å². The van der Waals surface area contributed by atoms with Crippen LogP contribution in [-0.2, 0) is 47.4 Å². The van der Waals surface area contributed by atoms with Gasteiger partial charge in [-0.2, -0.15) is 0 Å². The van der Waals surface area contributed by atoms with E-state index in [2.05, 4.69) is 15.9 Å². The monoisotopic (exact) mass is 1470 g/mol. The Morgan fingerprint density at radius 1 is 0.436 bits per heavy atom. The summed E-state index contributed by atoms with van der Waals surface area (Å²) in [7, 11) is 0. The number of unbranched alkanes of at least 4 members (excludes halogenated alkanes) is 2. The van der Waals surface area contributed by atoms with Gasteiger partial charge in [-0.1, -0.05) is 64.5 Å². The Labute approximate surface area is 596 Å². The number of hydrogen-bond acceptors (Lipinski definition) is 20. The number of rotatable bonds is 30. The fourth-order valence-electron chi connectivity index (χ4n) is 11.6. The average molecular weight is 1470 g/mol. The lowest BCUT2D eigenvalue weighted by Gasteiger charge is -2.30. The first-order chi connectivity index (χ1) is 49.2. The lowest BCUT2D eigenvalue weighted by atomic mass is 10.1. The maximum atomic E-state index is 14.0. The van der Waals surface area contributed by atoms with Crippen molar-refractivity contribution in [3.05, 3.63) is 188 Å². The Morgan fingerprint density at radius 3 is 1.32 bits per heavy atom. The largest absolute Gasteiger partial charge is 0.494 e. The molecule has 4 amide bonds. The quantitative estimate of drug-likeness (QED) is 0.0314. The van der Waals surface area contributed by atoms with Crippen LogP contribution in [-0.4, -0.2) is 174 Å². The van der Waals surface area contributed by atoms with Gasteiger partial charge >= 0.3 is 0 Å². The van der Waals surface area contributed by atoms with Crippen molar-refractivity contribution < 1.29 is 104 Å². The number of ether oxygens (including phenoxy) is 14. The summed E-state index contributed by atoms with van der Waals surface area (Å²) < 4.78 is 107.